The molecule has 1 aromatic rings. The van der Waals surface area contributed by atoms with Gasteiger partial charge in [0.1, 0.15) is 0 Å². The summed E-state index contributed by atoms with van der Waals surface area (Å²) < 4.78 is 0. The monoisotopic (exact) mass is 266 g/mol. The van der Waals surface area contributed by atoms with Gasteiger partial charge in [-0.05, 0) is 57.0 Å². The summed E-state index contributed by atoms with van der Waals surface area (Å²) in [5, 5.41) is 13.2. The van der Waals surface area contributed by atoms with Crippen molar-refractivity contribution in [3.05, 3.63) is 34.9 Å². The minimum absolute atomic E-state index is 0.193. The molecule has 1 saturated heterocycles. The highest BCUT2D eigenvalue weighted by Crippen LogP contribution is 2.18. The molecule has 1 aliphatic rings. The molecule has 1 fully saturated rings. The Morgan fingerprint density at radius 3 is 2.50 bits per heavy atom. The highest BCUT2D eigenvalue weighted by molar-refractivity contribution is 6.30. The quantitative estimate of drug-likeness (QED) is 0.516. The third-order valence-electron chi connectivity index (χ3n) is 3.56. The molecule has 0 radical (unpaired) electrons. The van der Waals surface area contributed by atoms with Crippen molar-refractivity contribution >= 4 is 17.3 Å². The largest absolute Gasteiger partial charge is 0.411 e. The van der Waals surface area contributed by atoms with Gasteiger partial charge in [-0.3, -0.25) is 4.90 Å². The Balaban J connectivity index is 2.11. The number of benzene rings is 1. The molecule has 2 rings (SSSR count). The van der Waals surface area contributed by atoms with E-state index in [4.69, 9.17) is 16.8 Å². The predicted molar refractivity (Wildman–Crippen MR) is 74.6 cm³/mol. The zero-order chi connectivity index (χ0) is 13.0. The lowest BCUT2D eigenvalue weighted by atomic mass is 10.0. The second-order valence-corrected chi connectivity index (χ2v) is 5.27. The average Bonchev–Trinajstić information content (AvgIpc) is 2.91. The maximum absolute atomic E-state index is 9.03. The third kappa shape index (κ3) is 3.24. The number of nitrogens with zero attached hydrogens (tertiary/aromatic N) is 2. The topological polar surface area (TPSA) is 35.8 Å². The first-order chi connectivity index (χ1) is 8.70. The summed E-state index contributed by atoms with van der Waals surface area (Å²) >= 11 is 5.89. The minimum Gasteiger partial charge on any atom is -0.411 e. The highest BCUT2D eigenvalue weighted by atomic mass is 35.5. The van der Waals surface area contributed by atoms with Crippen molar-refractivity contribution in [2.45, 2.75) is 32.2 Å². The third-order valence-corrected chi connectivity index (χ3v) is 3.82. The molecule has 4 heteroatoms. The van der Waals surface area contributed by atoms with E-state index in [0.29, 0.717) is 0 Å². The fourth-order valence-electron chi connectivity index (χ4n) is 2.50. The van der Waals surface area contributed by atoms with Gasteiger partial charge in [0.2, 0.25) is 0 Å². The van der Waals surface area contributed by atoms with Gasteiger partial charge in [-0.15, -0.1) is 0 Å². The van der Waals surface area contributed by atoms with Crippen LogP contribution in [0.1, 0.15) is 25.3 Å². The van der Waals surface area contributed by atoms with Crippen LogP contribution in [-0.4, -0.2) is 35.0 Å². The first-order valence-electron chi connectivity index (χ1n) is 6.38. The molecule has 1 heterocycles. The van der Waals surface area contributed by atoms with E-state index in [-0.39, 0.29) is 6.04 Å². The maximum atomic E-state index is 9.03. The molecule has 0 aliphatic carbocycles. The van der Waals surface area contributed by atoms with Gasteiger partial charge in [0, 0.05) is 5.02 Å². The number of hydrogen-bond acceptors (Lipinski definition) is 3. The molecule has 1 unspecified atom stereocenters. The van der Waals surface area contributed by atoms with Crippen molar-refractivity contribution in [2.75, 3.05) is 13.1 Å². The summed E-state index contributed by atoms with van der Waals surface area (Å²) in [5.74, 6) is 0. The van der Waals surface area contributed by atoms with E-state index in [9.17, 15) is 0 Å². The number of hydrogen-bond donors (Lipinski definition) is 1. The zero-order valence-corrected chi connectivity index (χ0v) is 11.4. The van der Waals surface area contributed by atoms with Gasteiger partial charge in [-0.1, -0.05) is 28.9 Å². The van der Waals surface area contributed by atoms with E-state index in [1.807, 2.05) is 31.2 Å². The maximum Gasteiger partial charge on any atom is 0.0714 e. The number of rotatable bonds is 4. The Bertz CT molecular complexity index is 410. The molecule has 98 valence electrons. The van der Waals surface area contributed by atoms with Gasteiger partial charge in [-0.25, -0.2) is 0 Å². The predicted octanol–water partition coefficient (Wildman–Crippen LogP) is 3.20. The van der Waals surface area contributed by atoms with Crippen LogP contribution < -0.4 is 0 Å². The van der Waals surface area contributed by atoms with Gasteiger partial charge in [0.05, 0.1) is 11.8 Å². The number of halogens is 1. The SMILES string of the molecule is C/C(=N\O)C(Cc1ccc(Cl)cc1)N1CCCC1. The van der Waals surface area contributed by atoms with Crippen molar-refractivity contribution in [3.8, 4) is 0 Å². The number of oxime groups is 1. The van der Waals surface area contributed by atoms with E-state index in [2.05, 4.69) is 10.1 Å². The summed E-state index contributed by atoms with van der Waals surface area (Å²) in [7, 11) is 0. The Labute approximate surface area is 113 Å². The van der Waals surface area contributed by atoms with Crippen LogP contribution in [0.15, 0.2) is 29.4 Å². The molecular formula is C14H19ClN2O. The molecule has 1 N–H and O–H groups in total. The van der Waals surface area contributed by atoms with E-state index in [0.717, 1.165) is 30.2 Å². The molecule has 18 heavy (non-hydrogen) atoms. The van der Waals surface area contributed by atoms with E-state index in [1.165, 1.54) is 18.4 Å². The Morgan fingerprint density at radius 1 is 1.33 bits per heavy atom. The smallest absolute Gasteiger partial charge is 0.0714 e. The fraction of sp³-hybridized carbons (Fsp3) is 0.500. The Kier molecular flexibility index (Phi) is 4.61. The van der Waals surface area contributed by atoms with Crippen LogP contribution in [0, 0.1) is 0 Å². The zero-order valence-electron chi connectivity index (χ0n) is 10.6. The fourth-order valence-corrected chi connectivity index (χ4v) is 2.63. The van der Waals surface area contributed by atoms with Crippen molar-refractivity contribution in [1.29, 1.82) is 0 Å². The summed E-state index contributed by atoms with van der Waals surface area (Å²) in [5.41, 5.74) is 2.01. The lowest BCUT2D eigenvalue weighted by Gasteiger charge is -2.26. The molecule has 0 saturated carbocycles. The normalized spacial score (nSPS) is 19.1. The summed E-state index contributed by atoms with van der Waals surface area (Å²) in [6.07, 6.45) is 3.33. The van der Waals surface area contributed by atoms with Crippen LogP contribution in [0.2, 0.25) is 5.02 Å². The molecule has 0 amide bonds. The molecular weight excluding hydrogens is 248 g/mol. The van der Waals surface area contributed by atoms with Crippen molar-refractivity contribution in [2.24, 2.45) is 5.16 Å². The molecule has 1 aliphatic heterocycles. The van der Waals surface area contributed by atoms with Gasteiger partial charge in [0.15, 0.2) is 0 Å². The van der Waals surface area contributed by atoms with Crippen LogP contribution >= 0.6 is 11.6 Å². The first-order valence-corrected chi connectivity index (χ1v) is 6.75. The average molecular weight is 267 g/mol. The lowest BCUT2D eigenvalue weighted by Crippen LogP contribution is -2.39. The number of likely N-dealkylation sites (tertiary alicyclic amines) is 1. The van der Waals surface area contributed by atoms with Crippen LogP contribution in [0.5, 0.6) is 0 Å². The standard InChI is InChI=1S/C14H19ClN2O/c1-11(16-18)14(17-8-2-3-9-17)10-12-4-6-13(15)7-5-12/h4-7,14,18H,2-3,8-10H2,1H3/b16-11+. The van der Waals surface area contributed by atoms with E-state index in [1.54, 1.807) is 0 Å². The molecule has 1 aromatic carbocycles. The molecule has 3 nitrogen and oxygen atoms in total. The Hall–Kier alpha value is -1.06. The van der Waals surface area contributed by atoms with Crippen LogP contribution in [0.4, 0.5) is 0 Å². The van der Waals surface area contributed by atoms with Crippen molar-refractivity contribution < 1.29 is 5.21 Å². The molecule has 1 atom stereocenters. The second-order valence-electron chi connectivity index (χ2n) is 4.83. The van der Waals surface area contributed by atoms with Crippen LogP contribution in [-0.2, 0) is 6.42 Å². The molecule has 0 aromatic heterocycles. The van der Waals surface area contributed by atoms with E-state index < -0.39 is 0 Å². The van der Waals surface area contributed by atoms with Crippen LogP contribution in [0.3, 0.4) is 0 Å². The van der Waals surface area contributed by atoms with Crippen LogP contribution in [0.25, 0.3) is 0 Å². The van der Waals surface area contributed by atoms with E-state index >= 15 is 0 Å². The van der Waals surface area contributed by atoms with Crippen molar-refractivity contribution in [3.63, 3.8) is 0 Å². The molecule has 0 bridgehead atoms. The first kappa shape index (κ1) is 13.4. The molecule has 0 spiro atoms. The van der Waals surface area contributed by atoms with Gasteiger partial charge < -0.3 is 5.21 Å². The van der Waals surface area contributed by atoms with Gasteiger partial charge in [-0.2, -0.15) is 0 Å². The summed E-state index contributed by atoms with van der Waals surface area (Å²) in [6.45, 7) is 4.06. The second kappa shape index (κ2) is 6.21. The summed E-state index contributed by atoms with van der Waals surface area (Å²) in [6, 6.07) is 8.08. The van der Waals surface area contributed by atoms with Gasteiger partial charge in [0.25, 0.3) is 0 Å². The van der Waals surface area contributed by atoms with Crippen molar-refractivity contribution in [1.82, 2.24) is 4.90 Å². The summed E-state index contributed by atoms with van der Waals surface area (Å²) in [4.78, 5) is 2.39. The van der Waals surface area contributed by atoms with Gasteiger partial charge >= 0.3 is 0 Å². The highest BCUT2D eigenvalue weighted by Gasteiger charge is 2.24. The minimum atomic E-state index is 0.193. The Morgan fingerprint density at radius 2 is 1.94 bits per heavy atom. The lowest BCUT2D eigenvalue weighted by molar-refractivity contribution is 0.275.